The van der Waals surface area contributed by atoms with E-state index >= 15 is 0 Å². The van der Waals surface area contributed by atoms with E-state index in [-0.39, 0.29) is 6.04 Å². The molecule has 2 atom stereocenters. The Balaban J connectivity index is 2.85. The predicted octanol–water partition coefficient (Wildman–Crippen LogP) is 0.808. The lowest BCUT2D eigenvalue weighted by Gasteiger charge is -2.19. The Kier molecular flexibility index (Phi) is 3.85. The Labute approximate surface area is 88.9 Å². The summed E-state index contributed by atoms with van der Waals surface area (Å²) >= 11 is 0. The molecule has 15 heavy (non-hydrogen) atoms. The van der Waals surface area contributed by atoms with Crippen molar-refractivity contribution >= 4 is 5.97 Å². The number of hydrogen-bond acceptors (Lipinski definition) is 3. The summed E-state index contributed by atoms with van der Waals surface area (Å²) in [5.74, 6) is -0.0969. The lowest BCUT2D eigenvalue weighted by Crippen LogP contribution is -2.38. The highest BCUT2D eigenvalue weighted by molar-refractivity contribution is 5.73. The van der Waals surface area contributed by atoms with Crippen LogP contribution in [-0.4, -0.2) is 26.7 Å². The molecular formula is C10H17N3O2. The van der Waals surface area contributed by atoms with Gasteiger partial charge in [0.05, 0.1) is 6.04 Å². The molecule has 2 unspecified atom stereocenters. The standard InChI is InChI=1S/C10H17N3O2/c1-3-4-8-12-5-6-13(8)7(2)9(11)10(14)15/h5-7,9H,3-4,11H2,1-2H3,(H,14,15). The fourth-order valence-corrected chi connectivity index (χ4v) is 1.51. The minimum absolute atomic E-state index is 0.272. The largest absolute Gasteiger partial charge is 0.480 e. The summed E-state index contributed by atoms with van der Waals surface area (Å²) in [4.78, 5) is 14.9. The summed E-state index contributed by atoms with van der Waals surface area (Å²) in [6.45, 7) is 3.85. The molecule has 0 aliphatic rings. The Bertz CT molecular complexity index is 335. The van der Waals surface area contributed by atoms with Crippen LogP contribution < -0.4 is 5.73 Å². The molecule has 0 saturated heterocycles. The van der Waals surface area contributed by atoms with E-state index in [0.29, 0.717) is 0 Å². The van der Waals surface area contributed by atoms with Crippen LogP contribution in [0.3, 0.4) is 0 Å². The quantitative estimate of drug-likeness (QED) is 0.755. The number of hydrogen-bond donors (Lipinski definition) is 2. The number of aromatic nitrogens is 2. The molecule has 1 rings (SSSR count). The Morgan fingerprint density at radius 2 is 2.40 bits per heavy atom. The van der Waals surface area contributed by atoms with Crippen molar-refractivity contribution in [3.8, 4) is 0 Å². The zero-order valence-corrected chi connectivity index (χ0v) is 9.05. The number of aryl methyl sites for hydroxylation is 1. The van der Waals surface area contributed by atoms with Crippen molar-refractivity contribution in [2.45, 2.75) is 38.8 Å². The van der Waals surface area contributed by atoms with E-state index in [0.717, 1.165) is 18.7 Å². The molecule has 0 bridgehead atoms. The summed E-state index contributed by atoms with van der Waals surface area (Å²) < 4.78 is 1.84. The maximum Gasteiger partial charge on any atom is 0.322 e. The summed E-state index contributed by atoms with van der Waals surface area (Å²) in [7, 11) is 0. The van der Waals surface area contributed by atoms with Gasteiger partial charge in [0.15, 0.2) is 0 Å². The van der Waals surface area contributed by atoms with Crippen LogP contribution in [0.1, 0.15) is 32.1 Å². The van der Waals surface area contributed by atoms with Crippen LogP contribution in [0.25, 0.3) is 0 Å². The lowest BCUT2D eigenvalue weighted by molar-refractivity contribution is -0.139. The van der Waals surface area contributed by atoms with Gasteiger partial charge in [0, 0.05) is 18.8 Å². The van der Waals surface area contributed by atoms with Gasteiger partial charge in [-0.1, -0.05) is 6.92 Å². The number of carboxylic acid groups (broad SMARTS) is 1. The maximum absolute atomic E-state index is 10.7. The molecule has 5 heteroatoms. The highest BCUT2D eigenvalue weighted by Crippen LogP contribution is 2.13. The second-order valence-corrected chi connectivity index (χ2v) is 3.61. The van der Waals surface area contributed by atoms with Crippen molar-refractivity contribution in [1.82, 2.24) is 9.55 Å². The Morgan fingerprint density at radius 3 is 2.93 bits per heavy atom. The van der Waals surface area contributed by atoms with E-state index in [4.69, 9.17) is 10.8 Å². The van der Waals surface area contributed by atoms with Crippen LogP contribution in [0.15, 0.2) is 12.4 Å². The molecule has 84 valence electrons. The van der Waals surface area contributed by atoms with Crippen LogP contribution >= 0.6 is 0 Å². The van der Waals surface area contributed by atoms with Crippen molar-refractivity contribution in [3.63, 3.8) is 0 Å². The first-order valence-electron chi connectivity index (χ1n) is 5.08. The van der Waals surface area contributed by atoms with Crippen molar-refractivity contribution < 1.29 is 9.90 Å². The molecule has 5 nitrogen and oxygen atoms in total. The molecular weight excluding hydrogens is 194 g/mol. The number of carbonyl (C=O) groups is 1. The fourth-order valence-electron chi connectivity index (χ4n) is 1.51. The molecule has 0 aliphatic heterocycles. The van der Waals surface area contributed by atoms with Crippen LogP contribution in [0.5, 0.6) is 0 Å². The van der Waals surface area contributed by atoms with Gasteiger partial charge in [-0.2, -0.15) is 0 Å². The van der Waals surface area contributed by atoms with Gasteiger partial charge < -0.3 is 15.4 Å². The van der Waals surface area contributed by atoms with Gasteiger partial charge in [0.1, 0.15) is 11.9 Å². The Hall–Kier alpha value is -1.36. The van der Waals surface area contributed by atoms with Gasteiger partial charge in [-0.25, -0.2) is 4.98 Å². The average molecular weight is 211 g/mol. The third-order valence-electron chi connectivity index (χ3n) is 2.47. The van der Waals surface area contributed by atoms with E-state index < -0.39 is 12.0 Å². The molecule has 0 radical (unpaired) electrons. The smallest absolute Gasteiger partial charge is 0.322 e. The average Bonchev–Trinajstić information content (AvgIpc) is 2.64. The molecule has 0 aromatic carbocycles. The zero-order chi connectivity index (χ0) is 11.4. The van der Waals surface area contributed by atoms with E-state index in [1.807, 2.05) is 4.57 Å². The number of carboxylic acids is 1. The topological polar surface area (TPSA) is 81.1 Å². The first-order chi connectivity index (χ1) is 7.07. The van der Waals surface area contributed by atoms with Crippen molar-refractivity contribution in [2.24, 2.45) is 5.73 Å². The van der Waals surface area contributed by atoms with Gasteiger partial charge in [-0.15, -0.1) is 0 Å². The van der Waals surface area contributed by atoms with Gasteiger partial charge in [0.25, 0.3) is 0 Å². The van der Waals surface area contributed by atoms with Gasteiger partial charge in [-0.3, -0.25) is 4.79 Å². The minimum Gasteiger partial charge on any atom is -0.480 e. The number of nitrogens with two attached hydrogens (primary N) is 1. The fraction of sp³-hybridized carbons (Fsp3) is 0.600. The van der Waals surface area contributed by atoms with Gasteiger partial charge in [0.2, 0.25) is 0 Å². The third-order valence-corrected chi connectivity index (χ3v) is 2.47. The first-order valence-corrected chi connectivity index (χ1v) is 5.08. The van der Waals surface area contributed by atoms with Crippen molar-refractivity contribution in [3.05, 3.63) is 18.2 Å². The summed E-state index contributed by atoms with van der Waals surface area (Å²) in [5, 5.41) is 8.81. The van der Waals surface area contributed by atoms with Crippen LogP contribution in [0.4, 0.5) is 0 Å². The number of rotatable bonds is 5. The zero-order valence-electron chi connectivity index (χ0n) is 9.05. The van der Waals surface area contributed by atoms with E-state index in [1.165, 1.54) is 0 Å². The first kappa shape index (κ1) is 11.7. The molecule has 1 heterocycles. The van der Waals surface area contributed by atoms with Gasteiger partial charge >= 0.3 is 5.97 Å². The van der Waals surface area contributed by atoms with Crippen LogP contribution in [0, 0.1) is 0 Å². The molecule has 1 aromatic heterocycles. The lowest BCUT2D eigenvalue weighted by atomic mass is 10.1. The Morgan fingerprint density at radius 1 is 1.73 bits per heavy atom. The maximum atomic E-state index is 10.7. The minimum atomic E-state index is -0.987. The van der Waals surface area contributed by atoms with Crippen molar-refractivity contribution in [1.29, 1.82) is 0 Å². The van der Waals surface area contributed by atoms with E-state index in [9.17, 15) is 4.79 Å². The molecule has 0 fully saturated rings. The molecule has 1 aromatic rings. The number of nitrogens with zero attached hydrogens (tertiary/aromatic N) is 2. The molecule has 0 spiro atoms. The van der Waals surface area contributed by atoms with Crippen molar-refractivity contribution in [2.75, 3.05) is 0 Å². The predicted molar refractivity (Wildman–Crippen MR) is 56.5 cm³/mol. The molecule has 0 amide bonds. The number of imidazole rings is 1. The summed E-state index contributed by atoms with van der Waals surface area (Å²) in [6, 6.07) is -1.17. The number of aliphatic carboxylic acids is 1. The third kappa shape index (κ3) is 2.56. The summed E-state index contributed by atoms with van der Waals surface area (Å²) in [6.07, 6.45) is 5.27. The highest BCUT2D eigenvalue weighted by Gasteiger charge is 2.22. The normalized spacial score (nSPS) is 14.9. The monoisotopic (exact) mass is 211 g/mol. The molecule has 3 N–H and O–H groups in total. The van der Waals surface area contributed by atoms with E-state index in [2.05, 4.69) is 11.9 Å². The highest BCUT2D eigenvalue weighted by atomic mass is 16.4. The van der Waals surface area contributed by atoms with Crippen LogP contribution in [0.2, 0.25) is 0 Å². The SMILES string of the molecule is CCCc1nccn1C(C)C(N)C(=O)O. The van der Waals surface area contributed by atoms with Crippen LogP contribution in [-0.2, 0) is 11.2 Å². The second kappa shape index (κ2) is 4.93. The second-order valence-electron chi connectivity index (χ2n) is 3.61. The van der Waals surface area contributed by atoms with E-state index in [1.54, 1.807) is 19.3 Å². The molecule has 0 aliphatic carbocycles. The summed E-state index contributed by atoms with van der Waals surface area (Å²) in [5.41, 5.74) is 5.57. The van der Waals surface area contributed by atoms with Gasteiger partial charge in [-0.05, 0) is 13.3 Å². The molecule has 0 saturated carbocycles.